The Kier molecular flexibility index (Phi) is 4.64. The van der Waals surface area contributed by atoms with Crippen LogP contribution < -0.4 is 10.1 Å². The lowest BCUT2D eigenvalue weighted by atomic mass is 9.82. The molecule has 1 aliphatic heterocycles. The topological polar surface area (TPSA) is 119 Å². The number of nitrogens with one attached hydrogen (secondary N) is 1. The number of nitrogens with zero attached hydrogens (tertiary/aromatic N) is 1. The zero-order chi connectivity index (χ0) is 25.4. The Labute approximate surface area is 209 Å². The second-order valence-electron chi connectivity index (χ2n) is 9.29. The van der Waals surface area contributed by atoms with Gasteiger partial charge in [-0.05, 0) is 35.1 Å². The molecule has 0 spiro atoms. The number of benzene rings is 3. The number of ketones is 1. The molecule has 8 nitrogen and oxygen atoms in total. The number of aliphatic hydroxyl groups is 1. The summed E-state index contributed by atoms with van der Waals surface area (Å²) >= 11 is 1.25. The van der Waals surface area contributed by atoms with Gasteiger partial charge in [-0.3, -0.25) is 19.7 Å². The largest absolute Gasteiger partial charge is 0.454 e. The lowest BCUT2D eigenvalue weighted by molar-refractivity contribution is -0.385. The molecular weight excluding hydrogens is 480 g/mol. The van der Waals surface area contributed by atoms with Gasteiger partial charge in [0.2, 0.25) is 11.3 Å². The third-order valence-corrected chi connectivity index (χ3v) is 8.08. The molecule has 0 saturated carbocycles. The van der Waals surface area contributed by atoms with E-state index in [4.69, 9.17) is 4.74 Å². The van der Waals surface area contributed by atoms with Crippen LogP contribution in [0.2, 0.25) is 0 Å². The summed E-state index contributed by atoms with van der Waals surface area (Å²) in [5, 5.41) is 27.4. The molecule has 2 atom stereocenters. The first-order valence-corrected chi connectivity index (χ1v) is 12.2. The summed E-state index contributed by atoms with van der Waals surface area (Å²) in [6.07, 6.45) is 0. The molecule has 1 aromatic heterocycles. The number of nitro groups is 1. The number of rotatable bonds is 4. The van der Waals surface area contributed by atoms with E-state index in [1.807, 2.05) is 38.1 Å². The molecule has 180 valence electrons. The van der Waals surface area contributed by atoms with Crippen LogP contribution in [-0.4, -0.2) is 21.7 Å². The van der Waals surface area contributed by atoms with E-state index in [9.17, 15) is 24.8 Å². The summed E-state index contributed by atoms with van der Waals surface area (Å²) in [7, 11) is 0. The molecule has 0 bridgehead atoms. The van der Waals surface area contributed by atoms with Crippen molar-refractivity contribution in [2.75, 3.05) is 0 Å². The SMILES string of the molecule is CC(C)c1ccc2c(c1)OC1(O)c3cccc([N+](=O)[O-])c3C(=O)C21NC(=O)c1cc2ccccc2s1. The number of nitro benzene ring substituents is 1. The van der Waals surface area contributed by atoms with E-state index in [1.54, 1.807) is 24.3 Å². The van der Waals surface area contributed by atoms with Gasteiger partial charge in [0, 0.05) is 21.9 Å². The highest BCUT2D eigenvalue weighted by Gasteiger charge is 2.73. The molecule has 2 heterocycles. The van der Waals surface area contributed by atoms with E-state index < -0.39 is 33.6 Å². The predicted octanol–water partition coefficient (Wildman–Crippen LogP) is 4.99. The number of hydrogen-bond donors (Lipinski definition) is 2. The molecule has 9 heteroatoms. The molecular formula is C27H20N2O6S. The van der Waals surface area contributed by atoms with Gasteiger partial charge in [0.25, 0.3) is 17.4 Å². The number of carbonyl (C=O) groups is 2. The minimum atomic E-state index is -2.37. The van der Waals surface area contributed by atoms with E-state index in [1.165, 1.54) is 29.5 Å². The first-order chi connectivity index (χ1) is 17.2. The monoisotopic (exact) mass is 500 g/mol. The predicted molar refractivity (Wildman–Crippen MR) is 133 cm³/mol. The molecule has 6 rings (SSSR count). The van der Waals surface area contributed by atoms with Gasteiger partial charge >= 0.3 is 0 Å². The molecule has 36 heavy (non-hydrogen) atoms. The maximum Gasteiger partial charge on any atom is 0.280 e. The maximum atomic E-state index is 14.1. The molecule has 2 N–H and O–H groups in total. The molecule has 4 aromatic rings. The van der Waals surface area contributed by atoms with Crippen LogP contribution in [0.4, 0.5) is 5.69 Å². The third-order valence-electron chi connectivity index (χ3n) is 6.96. The number of Topliss-reactive ketones (excluding diaryl/α,β-unsaturated/α-hetero) is 1. The molecule has 1 aliphatic carbocycles. The van der Waals surface area contributed by atoms with Crippen molar-refractivity contribution in [3.05, 3.63) is 104 Å². The van der Waals surface area contributed by atoms with Gasteiger partial charge < -0.3 is 15.2 Å². The molecule has 0 fully saturated rings. The molecule has 3 aromatic carbocycles. The van der Waals surface area contributed by atoms with Gasteiger partial charge in [-0.2, -0.15) is 0 Å². The van der Waals surface area contributed by atoms with Gasteiger partial charge in [0.15, 0.2) is 0 Å². The summed E-state index contributed by atoms with van der Waals surface area (Å²) in [6.45, 7) is 3.99. The lowest BCUT2D eigenvalue weighted by Crippen LogP contribution is -2.60. The van der Waals surface area contributed by atoms with Crippen LogP contribution in [0.1, 0.15) is 56.5 Å². The first kappa shape index (κ1) is 22.4. The highest BCUT2D eigenvalue weighted by atomic mass is 32.1. The molecule has 2 aliphatic rings. The zero-order valence-corrected chi connectivity index (χ0v) is 20.1. The fourth-order valence-corrected chi connectivity index (χ4v) is 6.14. The average Bonchev–Trinajstić information content (AvgIpc) is 3.45. The van der Waals surface area contributed by atoms with Crippen LogP contribution in [0.25, 0.3) is 10.1 Å². The first-order valence-electron chi connectivity index (χ1n) is 11.4. The smallest absolute Gasteiger partial charge is 0.280 e. The van der Waals surface area contributed by atoms with E-state index in [-0.39, 0.29) is 28.4 Å². The zero-order valence-electron chi connectivity index (χ0n) is 19.3. The minimum Gasteiger partial charge on any atom is -0.454 e. The fourth-order valence-electron chi connectivity index (χ4n) is 5.18. The van der Waals surface area contributed by atoms with Gasteiger partial charge in [0.1, 0.15) is 11.3 Å². The van der Waals surface area contributed by atoms with Crippen molar-refractivity contribution >= 4 is 38.8 Å². The lowest BCUT2D eigenvalue weighted by Gasteiger charge is -2.34. The van der Waals surface area contributed by atoms with Crippen LogP contribution >= 0.6 is 11.3 Å². The highest BCUT2D eigenvalue weighted by molar-refractivity contribution is 7.20. The van der Waals surface area contributed by atoms with Crippen molar-refractivity contribution in [3.63, 3.8) is 0 Å². The number of carbonyl (C=O) groups excluding carboxylic acids is 2. The molecule has 0 radical (unpaired) electrons. The number of hydrogen-bond acceptors (Lipinski definition) is 7. The number of fused-ring (bicyclic) bond motifs is 6. The standard InChI is InChI=1S/C27H20N2O6S/c1-14(2)15-10-11-17-20(12-15)35-27(32)18-7-5-8-19(29(33)34)23(18)24(30)26(17,27)28-25(31)22-13-16-6-3-4-9-21(16)36-22/h3-14,32H,1-2H3,(H,28,31). The van der Waals surface area contributed by atoms with Crippen LogP contribution in [0.15, 0.2) is 66.7 Å². The van der Waals surface area contributed by atoms with Crippen molar-refractivity contribution in [3.8, 4) is 5.75 Å². The Balaban J connectivity index is 1.57. The Morgan fingerprint density at radius 1 is 1.08 bits per heavy atom. The van der Waals surface area contributed by atoms with E-state index in [0.717, 1.165) is 15.6 Å². The summed E-state index contributed by atoms with van der Waals surface area (Å²) in [4.78, 5) is 39.1. The second-order valence-corrected chi connectivity index (χ2v) is 10.4. The van der Waals surface area contributed by atoms with E-state index in [0.29, 0.717) is 4.88 Å². The van der Waals surface area contributed by atoms with E-state index >= 15 is 0 Å². The Morgan fingerprint density at radius 2 is 1.86 bits per heavy atom. The number of amides is 1. The van der Waals surface area contributed by atoms with Crippen LogP contribution in [0, 0.1) is 10.1 Å². The van der Waals surface area contributed by atoms with Crippen LogP contribution in [-0.2, 0) is 11.3 Å². The van der Waals surface area contributed by atoms with Gasteiger partial charge in [-0.15, -0.1) is 11.3 Å². The summed E-state index contributed by atoms with van der Waals surface area (Å²) in [5.74, 6) is -3.37. The second kappa shape index (κ2) is 7.46. The summed E-state index contributed by atoms with van der Waals surface area (Å²) in [5.41, 5.74) is -1.73. The van der Waals surface area contributed by atoms with Crippen molar-refractivity contribution in [2.24, 2.45) is 0 Å². The van der Waals surface area contributed by atoms with Gasteiger partial charge in [-0.25, -0.2) is 0 Å². The van der Waals surface area contributed by atoms with Crippen LogP contribution in [0.5, 0.6) is 5.75 Å². The fraction of sp³-hybridized carbons (Fsp3) is 0.185. The van der Waals surface area contributed by atoms with Crippen molar-refractivity contribution in [1.29, 1.82) is 0 Å². The Morgan fingerprint density at radius 3 is 2.58 bits per heavy atom. The van der Waals surface area contributed by atoms with Crippen molar-refractivity contribution in [2.45, 2.75) is 31.1 Å². The molecule has 2 unspecified atom stereocenters. The van der Waals surface area contributed by atoms with Crippen molar-refractivity contribution < 1.29 is 24.4 Å². The normalized spacial score (nSPS) is 21.7. The quantitative estimate of drug-likeness (QED) is 0.301. The van der Waals surface area contributed by atoms with Gasteiger partial charge in [-0.1, -0.05) is 56.3 Å². The van der Waals surface area contributed by atoms with E-state index in [2.05, 4.69) is 5.32 Å². The summed E-state index contributed by atoms with van der Waals surface area (Å²) < 4.78 is 6.93. The Bertz CT molecular complexity index is 1590. The maximum absolute atomic E-state index is 14.1. The number of thiophene rings is 1. The Hall–Kier alpha value is -4.08. The van der Waals surface area contributed by atoms with Gasteiger partial charge in [0.05, 0.1) is 9.80 Å². The van der Waals surface area contributed by atoms with Crippen molar-refractivity contribution in [1.82, 2.24) is 5.32 Å². The van der Waals surface area contributed by atoms with Crippen LogP contribution in [0.3, 0.4) is 0 Å². The highest BCUT2D eigenvalue weighted by Crippen LogP contribution is 2.59. The molecule has 1 amide bonds. The number of ether oxygens (including phenoxy) is 1. The molecule has 0 saturated heterocycles. The third kappa shape index (κ3) is 2.78. The minimum absolute atomic E-state index is 0.0550. The average molecular weight is 501 g/mol. The summed E-state index contributed by atoms with van der Waals surface area (Å²) in [6, 6.07) is 18.4.